The van der Waals surface area contributed by atoms with Crippen LogP contribution in [0.4, 0.5) is 11.4 Å². The minimum atomic E-state index is -5.39. The van der Waals surface area contributed by atoms with Crippen molar-refractivity contribution in [1.82, 2.24) is 20.2 Å². The molecule has 3 amide bonds. The number of nitrogens with one attached hydrogen (secondary N) is 2. The lowest BCUT2D eigenvalue weighted by Crippen LogP contribution is -2.30. The number of hydrogen-bond acceptors (Lipinski definition) is 16. The first-order valence-corrected chi connectivity index (χ1v) is 33.8. The number of unbranched alkanes of at least 4 members (excludes halogenated alkanes) is 2. The van der Waals surface area contributed by atoms with Crippen molar-refractivity contribution < 1.29 is 139 Å². The van der Waals surface area contributed by atoms with Crippen LogP contribution in [0.3, 0.4) is 0 Å². The molecular weight excluding hydrogens is 1190 g/mol. The van der Waals surface area contributed by atoms with Crippen LogP contribution in [0.1, 0.15) is 88.4 Å². The van der Waals surface area contributed by atoms with Gasteiger partial charge < -0.3 is 109 Å². The Balaban J connectivity index is 0. The van der Waals surface area contributed by atoms with Crippen LogP contribution < -0.4 is 15.5 Å². The molecule has 0 aromatic carbocycles. The van der Waals surface area contributed by atoms with E-state index in [1.807, 2.05) is 18.9 Å². The van der Waals surface area contributed by atoms with Gasteiger partial charge in [0.15, 0.2) is 0 Å². The SMILES string of the molecule is C=C(C)N(C)CCCCCC(O)(P(=O)(O)O)P(=O)(O)O.CC(=O)N(C)c1ccc(C(P(=O)(O)O)P(=O)(O)O)nc1.CC(=O)NCCCC(O)(P(=O)(O)O)P(=O)(O)O.CC(=O)Nc1ccc(C(P(=O)(O)O)P(=O)(O)O)nc1. The molecule has 440 valence electrons. The molecule has 0 aliphatic carbocycles. The van der Waals surface area contributed by atoms with Gasteiger partial charge in [0.25, 0.3) is 10.2 Å². The van der Waals surface area contributed by atoms with Crippen LogP contribution in [0.25, 0.3) is 0 Å². The molecule has 2 aromatic heterocycles. The number of carbonyl (C=O) groups excluding carboxylic acids is 3. The second-order valence-electron chi connectivity index (χ2n) is 16.1. The topological polar surface area (TPSA) is 608 Å². The van der Waals surface area contributed by atoms with Crippen LogP contribution in [0.15, 0.2) is 48.9 Å². The Kier molecular flexibility index (Phi) is 29.5. The maximum Gasteiger partial charge on any atom is 0.369 e. The van der Waals surface area contributed by atoms with Crippen LogP contribution in [-0.2, 0) is 50.9 Å². The minimum Gasteiger partial charge on any atom is -0.379 e. The van der Waals surface area contributed by atoms with Gasteiger partial charge in [-0.15, -0.1) is 0 Å². The number of amides is 3. The van der Waals surface area contributed by atoms with Crippen molar-refractivity contribution in [3.8, 4) is 0 Å². The maximum absolute atomic E-state index is 11.2. The van der Waals surface area contributed by atoms with Gasteiger partial charge >= 0.3 is 60.8 Å². The molecule has 0 bridgehead atoms. The number of hydrogen-bond donors (Lipinski definition) is 20. The van der Waals surface area contributed by atoms with E-state index < -0.39 is 112 Å². The Morgan fingerprint density at radius 2 is 0.921 bits per heavy atom. The predicted octanol–water partition coefficient (Wildman–Crippen LogP) is 0.730. The molecule has 0 radical (unpaired) electrons. The van der Waals surface area contributed by atoms with E-state index in [0.717, 1.165) is 30.2 Å². The van der Waals surface area contributed by atoms with Gasteiger partial charge in [-0.2, -0.15) is 0 Å². The first-order chi connectivity index (χ1) is 33.7. The number of allylic oxidation sites excluding steroid dienone is 1. The second-order valence-corrected chi connectivity index (χ2v) is 31.7. The van der Waals surface area contributed by atoms with Gasteiger partial charge in [0.1, 0.15) is 0 Å². The summed E-state index contributed by atoms with van der Waals surface area (Å²) in [4.78, 5) is 186. The fraction of sp³-hybridized carbons (Fsp3) is 0.545. The van der Waals surface area contributed by atoms with Crippen molar-refractivity contribution in [2.24, 2.45) is 0 Å². The summed E-state index contributed by atoms with van der Waals surface area (Å²) in [6.45, 7) is 9.95. The monoisotopic (exact) mass is 1260 g/mol. The van der Waals surface area contributed by atoms with Crippen molar-refractivity contribution in [2.75, 3.05) is 37.4 Å². The van der Waals surface area contributed by atoms with E-state index >= 15 is 0 Å². The lowest BCUT2D eigenvalue weighted by Gasteiger charge is -2.29. The van der Waals surface area contributed by atoms with Crippen LogP contribution in [-0.4, -0.2) is 158 Å². The summed E-state index contributed by atoms with van der Waals surface area (Å²) in [5, 5.41) is 12.3. The number of aliphatic hydroxyl groups is 2. The number of rotatable bonds is 23. The molecule has 2 aromatic rings. The summed E-state index contributed by atoms with van der Waals surface area (Å²) in [6, 6.07) is 4.63. The summed E-state index contributed by atoms with van der Waals surface area (Å²) in [6.07, 6.45) is 1.70. The second kappa shape index (κ2) is 29.7. The van der Waals surface area contributed by atoms with E-state index in [4.69, 9.17) is 78.3 Å². The average molecular weight is 1260 g/mol. The lowest BCUT2D eigenvalue weighted by atomic mass is 10.2. The third kappa shape index (κ3) is 25.2. The molecular formula is C33H64N6O29P8. The molecule has 0 aliphatic heterocycles. The zero-order chi connectivity index (χ0) is 60.7. The summed E-state index contributed by atoms with van der Waals surface area (Å²) in [5.41, 5.74) is 0.554. The third-order valence-electron chi connectivity index (χ3n) is 9.63. The van der Waals surface area contributed by atoms with Gasteiger partial charge in [0, 0.05) is 60.1 Å². The molecule has 35 nitrogen and oxygen atoms in total. The molecule has 0 unspecified atom stereocenters. The van der Waals surface area contributed by atoms with Crippen molar-refractivity contribution in [1.29, 1.82) is 0 Å². The van der Waals surface area contributed by atoms with Crippen molar-refractivity contribution in [3.63, 3.8) is 0 Å². The Bertz CT molecular complexity index is 2580. The molecule has 2 rings (SSSR count). The fourth-order valence-electron chi connectivity index (χ4n) is 5.44. The average Bonchev–Trinajstić information content (AvgIpc) is 3.19. The molecule has 0 saturated heterocycles. The van der Waals surface area contributed by atoms with Gasteiger partial charge in [-0.1, -0.05) is 13.0 Å². The first kappa shape index (κ1) is 75.4. The number of aromatic nitrogens is 2. The standard InChI is InChI=1S/C10H23NO7P2.C9H14N2O7P2.C8H12N2O7P2.C6H15NO8P2/c1-9(2)11(3)8-6-4-5-7-10(12,19(13,14)15)20(16,17)18;1-6(12)11(2)7-3-4-8(10-5-7)9(19(13,14)15)20(16,17)18;1-5(11)10-6-2-3-7(9-4-6)8(18(12,13)14)19(15,16)17;1-5(8)7-4-2-3-6(9,16(10,11)12)17(13,14)15/h12H,1,4-8H2,2-3H3,(H2,13,14,15)(H2,16,17,18);3-5,9H,1-2H3,(H2,13,14,15)(H2,16,17,18);2-4,8H,1H3,(H,10,11)(H2,12,13,14)(H2,15,16,17);9H,2-4H2,1H3,(H,7,8)(H2,10,11,12)(H2,13,14,15). The van der Waals surface area contributed by atoms with Crippen molar-refractivity contribution >= 4 is 89.9 Å². The number of pyridine rings is 2. The Labute approximate surface area is 433 Å². The van der Waals surface area contributed by atoms with Gasteiger partial charge in [-0.25, -0.2) is 0 Å². The molecule has 0 fully saturated rings. The highest BCUT2D eigenvalue weighted by molar-refractivity contribution is 7.72. The highest BCUT2D eigenvalue weighted by Gasteiger charge is 2.59. The number of carbonyl (C=O) groups is 3. The van der Waals surface area contributed by atoms with E-state index in [-0.39, 0.29) is 36.9 Å². The van der Waals surface area contributed by atoms with E-state index in [1.54, 1.807) is 0 Å². The molecule has 0 saturated carbocycles. The van der Waals surface area contributed by atoms with E-state index in [1.165, 1.54) is 44.9 Å². The quantitative estimate of drug-likeness (QED) is 0.0539. The number of nitrogens with zero attached hydrogens (tertiary/aromatic N) is 4. The first-order valence-electron chi connectivity index (χ1n) is 20.6. The fourth-order valence-corrected chi connectivity index (χ4v) is 15.1. The molecule has 0 aliphatic rings. The van der Waals surface area contributed by atoms with E-state index in [0.29, 0.717) is 25.1 Å². The molecule has 43 heteroatoms. The van der Waals surface area contributed by atoms with Gasteiger partial charge in [-0.05, 0) is 56.9 Å². The highest BCUT2D eigenvalue weighted by Crippen LogP contribution is 2.72. The molecule has 0 spiro atoms. The molecule has 76 heavy (non-hydrogen) atoms. The Morgan fingerprint density at radius 1 is 0.553 bits per heavy atom. The normalized spacial score (nSPS) is 13.0. The molecule has 20 N–H and O–H groups in total. The predicted molar refractivity (Wildman–Crippen MR) is 267 cm³/mol. The summed E-state index contributed by atoms with van der Waals surface area (Å²) >= 11 is 0. The van der Waals surface area contributed by atoms with E-state index in [9.17, 15) is 61.1 Å². The van der Waals surface area contributed by atoms with Crippen LogP contribution in [0.5, 0.6) is 0 Å². The minimum absolute atomic E-state index is 0.0579. The number of anilines is 2. The smallest absolute Gasteiger partial charge is 0.369 e. The van der Waals surface area contributed by atoms with Crippen molar-refractivity contribution in [3.05, 3.63) is 60.3 Å². The summed E-state index contributed by atoms with van der Waals surface area (Å²) in [7, 11) is -38.5. The van der Waals surface area contributed by atoms with E-state index in [2.05, 4.69) is 27.2 Å². The zero-order valence-electron chi connectivity index (χ0n) is 40.9. The molecule has 2 heterocycles. The zero-order valence-corrected chi connectivity index (χ0v) is 48.0. The third-order valence-corrected chi connectivity index (χ3v) is 24.6. The van der Waals surface area contributed by atoms with Crippen LogP contribution >= 0.6 is 60.8 Å². The Hall–Kier alpha value is -2.63. The highest BCUT2D eigenvalue weighted by atomic mass is 31.3. The Morgan fingerprint density at radius 3 is 1.20 bits per heavy atom. The van der Waals surface area contributed by atoms with Gasteiger partial charge in [0.05, 0.1) is 35.2 Å². The largest absolute Gasteiger partial charge is 0.379 e. The van der Waals surface area contributed by atoms with Gasteiger partial charge in [0.2, 0.25) is 28.5 Å². The maximum atomic E-state index is 11.2. The van der Waals surface area contributed by atoms with Gasteiger partial charge in [-0.3, -0.25) is 60.9 Å². The molecule has 0 atom stereocenters. The van der Waals surface area contributed by atoms with Crippen LogP contribution in [0.2, 0.25) is 0 Å². The van der Waals surface area contributed by atoms with Crippen molar-refractivity contribution in [2.45, 2.75) is 87.2 Å². The summed E-state index contributed by atoms with van der Waals surface area (Å²) in [5.74, 6) is -1.07. The van der Waals surface area contributed by atoms with Crippen LogP contribution in [0, 0.1) is 0 Å². The summed E-state index contributed by atoms with van der Waals surface area (Å²) < 4.78 is 88.6. The lowest BCUT2D eigenvalue weighted by molar-refractivity contribution is -0.119.